The third-order valence-corrected chi connectivity index (χ3v) is 2.43. The first-order chi connectivity index (χ1) is 6.93. The second-order valence-corrected chi connectivity index (χ2v) is 4.38. The van der Waals surface area contributed by atoms with Crippen molar-refractivity contribution >= 4 is 5.91 Å². The molecule has 0 aromatic heterocycles. The van der Waals surface area contributed by atoms with Gasteiger partial charge in [-0.2, -0.15) is 0 Å². The zero-order valence-corrected chi connectivity index (χ0v) is 10.3. The molecular formula is C11H24N2O2. The van der Waals surface area contributed by atoms with Crippen LogP contribution in [-0.4, -0.2) is 30.7 Å². The lowest BCUT2D eigenvalue weighted by Gasteiger charge is -2.26. The highest BCUT2D eigenvalue weighted by molar-refractivity contribution is 5.81. The van der Waals surface area contributed by atoms with E-state index in [0.29, 0.717) is 13.2 Å². The van der Waals surface area contributed by atoms with Crippen molar-refractivity contribution in [2.45, 2.75) is 52.2 Å². The van der Waals surface area contributed by atoms with E-state index < -0.39 is 6.10 Å². The summed E-state index contributed by atoms with van der Waals surface area (Å²) in [5.74, 6) is -0.0566. The fraction of sp³-hybridized carbons (Fsp3) is 0.909. The average molecular weight is 216 g/mol. The average Bonchev–Trinajstić information content (AvgIpc) is 2.17. The van der Waals surface area contributed by atoms with Gasteiger partial charge in [0.1, 0.15) is 6.10 Å². The Morgan fingerprint density at radius 2 is 2.13 bits per heavy atom. The second kappa shape index (κ2) is 6.80. The molecule has 0 saturated heterocycles. The van der Waals surface area contributed by atoms with E-state index >= 15 is 0 Å². The van der Waals surface area contributed by atoms with Crippen LogP contribution in [0.15, 0.2) is 0 Å². The molecule has 0 aliphatic carbocycles. The van der Waals surface area contributed by atoms with Gasteiger partial charge in [0.25, 0.3) is 0 Å². The van der Waals surface area contributed by atoms with Crippen LogP contribution in [0.25, 0.3) is 0 Å². The monoisotopic (exact) mass is 216 g/mol. The van der Waals surface area contributed by atoms with E-state index in [4.69, 9.17) is 10.5 Å². The minimum Gasteiger partial charge on any atom is -0.369 e. The first kappa shape index (κ1) is 14.4. The Balaban J connectivity index is 3.88. The number of carbonyl (C=O) groups is 1. The molecule has 90 valence electrons. The maximum absolute atomic E-state index is 11.6. The molecule has 0 spiro atoms. The highest BCUT2D eigenvalue weighted by Gasteiger charge is 2.21. The van der Waals surface area contributed by atoms with Crippen molar-refractivity contribution in [1.82, 2.24) is 5.32 Å². The molecule has 0 rings (SSSR count). The Morgan fingerprint density at radius 1 is 1.53 bits per heavy atom. The summed E-state index contributed by atoms with van der Waals surface area (Å²) in [7, 11) is 0. The molecule has 0 aromatic carbocycles. The van der Waals surface area contributed by atoms with Crippen LogP contribution in [0.3, 0.4) is 0 Å². The number of rotatable bonds is 7. The van der Waals surface area contributed by atoms with E-state index in [1.54, 1.807) is 6.92 Å². The Hall–Kier alpha value is -0.610. The summed E-state index contributed by atoms with van der Waals surface area (Å²) >= 11 is 0. The Morgan fingerprint density at radius 3 is 2.60 bits per heavy atom. The first-order valence-corrected chi connectivity index (χ1v) is 5.56. The third kappa shape index (κ3) is 6.47. The predicted molar refractivity (Wildman–Crippen MR) is 61.6 cm³/mol. The van der Waals surface area contributed by atoms with Gasteiger partial charge < -0.3 is 15.8 Å². The molecule has 4 nitrogen and oxygen atoms in total. The van der Waals surface area contributed by atoms with E-state index in [-0.39, 0.29) is 11.4 Å². The molecule has 15 heavy (non-hydrogen) atoms. The van der Waals surface area contributed by atoms with Crippen LogP contribution in [0, 0.1) is 0 Å². The maximum atomic E-state index is 11.6. The Labute approximate surface area is 92.6 Å². The van der Waals surface area contributed by atoms with Crippen molar-refractivity contribution in [3.05, 3.63) is 0 Å². The number of hydrogen-bond acceptors (Lipinski definition) is 3. The molecular weight excluding hydrogens is 192 g/mol. The van der Waals surface area contributed by atoms with Crippen LogP contribution in [0.1, 0.15) is 40.5 Å². The molecule has 1 amide bonds. The zero-order chi connectivity index (χ0) is 11.9. The Bertz CT molecular complexity index is 193. The SMILES string of the molecule is CCC(C)(C)NC(=O)C(C)OCCCN. The van der Waals surface area contributed by atoms with Gasteiger partial charge in [0.2, 0.25) is 5.91 Å². The molecule has 0 saturated carbocycles. The topological polar surface area (TPSA) is 64.3 Å². The molecule has 0 heterocycles. The summed E-state index contributed by atoms with van der Waals surface area (Å²) in [5, 5.41) is 2.94. The van der Waals surface area contributed by atoms with Crippen LogP contribution in [0.2, 0.25) is 0 Å². The van der Waals surface area contributed by atoms with Crippen molar-refractivity contribution < 1.29 is 9.53 Å². The van der Waals surface area contributed by atoms with Gasteiger partial charge in [0.15, 0.2) is 0 Å². The van der Waals surface area contributed by atoms with E-state index in [1.807, 2.05) is 20.8 Å². The van der Waals surface area contributed by atoms with Crippen LogP contribution in [-0.2, 0) is 9.53 Å². The van der Waals surface area contributed by atoms with Gasteiger partial charge in [-0.25, -0.2) is 0 Å². The molecule has 0 aliphatic heterocycles. The van der Waals surface area contributed by atoms with Crippen molar-refractivity contribution in [3.63, 3.8) is 0 Å². The van der Waals surface area contributed by atoms with E-state index in [1.165, 1.54) is 0 Å². The van der Waals surface area contributed by atoms with E-state index in [9.17, 15) is 4.79 Å². The highest BCUT2D eigenvalue weighted by Crippen LogP contribution is 2.07. The van der Waals surface area contributed by atoms with Crippen LogP contribution in [0.4, 0.5) is 0 Å². The maximum Gasteiger partial charge on any atom is 0.249 e. The number of nitrogens with one attached hydrogen (secondary N) is 1. The highest BCUT2D eigenvalue weighted by atomic mass is 16.5. The lowest BCUT2D eigenvalue weighted by atomic mass is 10.0. The summed E-state index contributed by atoms with van der Waals surface area (Å²) in [4.78, 5) is 11.6. The smallest absolute Gasteiger partial charge is 0.249 e. The number of amides is 1. The molecule has 1 unspecified atom stereocenters. The van der Waals surface area contributed by atoms with Crippen LogP contribution < -0.4 is 11.1 Å². The number of carbonyl (C=O) groups excluding carboxylic acids is 1. The lowest BCUT2D eigenvalue weighted by Crippen LogP contribution is -2.47. The number of nitrogens with two attached hydrogens (primary N) is 1. The summed E-state index contributed by atoms with van der Waals surface area (Å²) in [6.45, 7) is 8.93. The largest absolute Gasteiger partial charge is 0.369 e. The van der Waals surface area contributed by atoms with Crippen LogP contribution >= 0.6 is 0 Å². The summed E-state index contributed by atoms with van der Waals surface area (Å²) in [6, 6.07) is 0. The summed E-state index contributed by atoms with van der Waals surface area (Å²) in [5.41, 5.74) is 5.17. The molecule has 1 atom stereocenters. The molecule has 4 heteroatoms. The fourth-order valence-corrected chi connectivity index (χ4v) is 0.943. The van der Waals surface area contributed by atoms with Crippen molar-refractivity contribution in [2.24, 2.45) is 5.73 Å². The number of ether oxygens (including phenoxy) is 1. The quantitative estimate of drug-likeness (QED) is 0.625. The number of hydrogen-bond donors (Lipinski definition) is 2. The normalized spacial score (nSPS) is 13.7. The van der Waals surface area contributed by atoms with E-state index in [0.717, 1.165) is 12.8 Å². The van der Waals surface area contributed by atoms with Crippen molar-refractivity contribution in [3.8, 4) is 0 Å². The molecule has 0 fully saturated rings. The van der Waals surface area contributed by atoms with Gasteiger partial charge in [-0.1, -0.05) is 6.92 Å². The third-order valence-electron chi connectivity index (χ3n) is 2.43. The minimum absolute atomic E-state index is 0.0566. The second-order valence-electron chi connectivity index (χ2n) is 4.38. The standard InChI is InChI=1S/C11H24N2O2/c1-5-11(3,4)13-10(14)9(2)15-8-6-7-12/h9H,5-8,12H2,1-4H3,(H,13,14). The summed E-state index contributed by atoms with van der Waals surface area (Å²) < 4.78 is 5.34. The van der Waals surface area contributed by atoms with Gasteiger partial charge in [0, 0.05) is 12.1 Å². The molecule has 0 aliphatic rings. The summed E-state index contributed by atoms with van der Waals surface area (Å²) in [6.07, 6.45) is 1.28. The fourth-order valence-electron chi connectivity index (χ4n) is 0.943. The van der Waals surface area contributed by atoms with Crippen molar-refractivity contribution in [2.75, 3.05) is 13.2 Å². The zero-order valence-electron chi connectivity index (χ0n) is 10.3. The van der Waals surface area contributed by atoms with E-state index in [2.05, 4.69) is 5.32 Å². The lowest BCUT2D eigenvalue weighted by molar-refractivity contribution is -0.133. The first-order valence-electron chi connectivity index (χ1n) is 5.56. The predicted octanol–water partition coefficient (Wildman–Crippen LogP) is 1.05. The van der Waals surface area contributed by atoms with Gasteiger partial charge in [-0.3, -0.25) is 4.79 Å². The van der Waals surface area contributed by atoms with Gasteiger partial charge in [-0.15, -0.1) is 0 Å². The van der Waals surface area contributed by atoms with Crippen molar-refractivity contribution in [1.29, 1.82) is 0 Å². The molecule has 3 N–H and O–H groups in total. The molecule has 0 aromatic rings. The van der Waals surface area contributed by atoms with Gasteiger partial charge in [0.05, 0.1) is 0 Å². The molecule has 0 bridgehead atoms. The van der Waals surface area contributed by atoms with Crippen LogP contribution in [0.5, 0.6) is 0 Å². The van der Waals surface area contributed by atoms with Gasteiger partial charge in [-0.05, 0) is 40.2 Å². The molecule has 0 radical (unpaired) electrons. The Kier molecular flexibility index (Phi) is 6.52. The minimum atomic E-state index is -0.401. The van der Waals surface area contributed by atoms with Gasteiger partial charge >= 0.3 is 0 Å².